The van der Waals surface area contributed by atoms with Crippen LogP contribution in [0.25, 0.3) is 0 Å². The van der Waals surface area contributed by atoms with Crippen molar-refractivity contribution in [3.8, 4) is 0 Å². The molecule has 128 valence electrons. The van der Waals surface area contributed by atoms with Crippen molar-refractivity contribution in [2.75, 3.05) is 19.8 Å². The Morgan fingerprint density at radius 3 is 2.41 bits per heavy atom. The minimum atomic E-state index is -0.441. The average molecular weight is 312 g/mol. The van der Waals surface area contributed by atoms with Gasteiger partial charge in [0.2, 0.25) is 0 Å². The molecule has 0 bridgehead atoms. The Bertz CT molecular complexity index is 375. The summed E-state index contributed by atoms with van der Waals surface area (Å²) in [6.45, 7) is 12.6. The lowest BCUT2D eigenvalue weighted by atomic mass is 9.86. The Morgan fingerprint density at radius 2 is 1.82 bits per heavy atom. The molecule has 0 aliphatic carbocycles. The summed E-state index contributed by atoms with van der Waals surface area (Å²) < 4.78 is 11.0. The summed E-state index contributed by atoms with van der Waals surface area (Å²) in [4.78, 5) is 14.3. The van der Waals surface area contributed by atoms with Gasteiger partial charge in [-0.1, -0.05) is 6.92 Å². The first-order valence-electron chi connectivity index (χ1n) is 8.61. The summed E-state index contributed by atoms with van der Waals surface area (Å²) in [5.41, 5.74) is -0.441. The van der Waals surface area contributed by atoms with Crippen LogP contribution in [0.1, 0.15) is 53.9 Å². The quantitative estimate of drug-likeness (QED) is 0.852. The molecular weight excluding hydrogens is 280 g/mol. The fourth-order valence-corrected chi connectivity index (χ4v) is 3.41. The average Bonchev–Trinajstić information content (AvgIpc) is 2.42. The van der Waals surface area contributed by atoms with E-state index in [1.165, 1.54) is 0 Å². The molecule has 0 saturated carbocycles. The summed E-state index contributed by atoms with van der Waals surface area (Å²) in [5, 5.41) is 3.78. The zero-order valence-electron chi connectivity index (χ0n) is 14.7. The lowest BCUT2D eigenvalue weighted by molar-refractivity contribution is -0.00329. The van der Waals surface area contributed by atoms with Crippen LogP contribution in [-0.4, -0.2) is 54.5 Å². The van der Waals surface area contributed by atoms with Crippen LogP contribution in [0.4, 0.5) is 4.79 Å². The van der Waals surface area contributed by atoms with Gasteiger partial charge in [0.15, 0.2) is 0 Å². The van der Waals surface area contributed by atoms with E-state index in [1.807, 2.05) is 25.7 Å². The van der Waals surface area contributed by atoms with Gasteiger partial charge in [0.1, 0.15) is 5.60 Å². The molecule has 2 saturated heterocycles. The van der Waals surface area contributed by atoms with Crippen LogP contribution < -0.4 is 5.32 Å². The number of amides is 1. The number of likely N-dealkylation sites (tertiary alicyclic amines) is 1. The molecule has 1 amide bonds. The van der Waals surface area contributed by atoms with Crippen LogP contribution in [0.5, 0.6) is 0 Å². The van der Waals surface area contributed by atoms with Crippen LogP contribution in [0.15, 0.2) is 0 Å². The second-order valence-electron chi connectivity index (χ2n) is 7.76. The molecule has 2 rings (SSSR count). The number of ether oxygens (including phenoxy) is 2. The largest absolute Gasteiger partial charge is 0.444 e. The van der Waals surface area contributed by atoms with E-state index in [4.69, 9.17) is 9.47 Å². The summed E-state index contributed by atoms with van der Waals surface area (Å²) in [6, 6.07) is 0.980. The first-order valence-corrected chi connectivity index (χ1v) is 8.61. The Morgan fingerprint density at radius 1 is 1.18 bits per heavy atom. The van der Waals surface area contributed by atoms with Crippen molar-refractivity contribution in [3.63, 3.8) is 0 Å². The van der Waals surface area contributed by atoms with Crippen LogP contribution in [0, 0.1) is 5.92 Å². The smallest absolute Gasteiger partial charge is 0.410 e. The highest BCUT2D eigenvalue weighted by Crippen LogP contribution is 2.26. The number of rotatable bonds is 2. The van der Waals surface area contributed by atoms with E-state index < -0.39 is 5.60 Å². The van der Waals surface area contributed by atoms with E-state index in [-0.39, 0.29) is 12.1 Å². The maximum atomic E-state index is 12.4. The minimum absolute atomic E-state index is 0.154. The molecule has 3 unspecified atom stereocenters. The van der Waals surface area contributed by atoms with Gasteiger partial charge < -0.3 is 19.7 Å². The second-order valence-corrected chi connectivity index (χ2v) is 7.76. The molecular formula is C17H32N2O3. The Labute approximate surface area is 134 Å². The van der Waals surface area contributed by atoms with Gasteiger partial charge in [-0.05, 0) is 52.9 Å². The van der Waals surface area contributed by atoms with Gasteiger partial charge in [0.05, 0.1) is 0 Å². The molecule has 0 radical (unpaired) electrons. The van der Waals surface area contributed by atoms with Gasteiger partial charge in [-0.15, -0.1) is 0 Å². The van der Waals surface area contributed by atoms with Gasteiger partial charge in [-0.3, -0.25) is 0 Å². The fourth-order valence-electron chi connectivity index (χ4n) is 3.41. The Kier molecular flexibility index (Phi) is 5.72. The number of hydrogen-bond donors (Lipinski definition) is 1. The molecule has 2 heterocycles. The van der Waals surface area contributed by atoms with Gasteiger partial charge in [-0.2, -0.15) is 0 Å². The lowest BCUT2D eigenvalue weighted by Crippen LogP contribution is -2.60. The van der Waals surface area contributed by atoms with Gasteiger partial charge in [-0.25, -0.2) is 4.79 Å². The maximum Gasteiger partial charge on any atom is 0.410 e. The van der Waals surface area contributed by atoms with Crippen molar-refractivity contribution in [3.05, 3.63) is 0 Å². The number of hydrogen-bond acceptors (Lipinski definition) is 4. The Balaban J connectivity index is 1.98. The van der Waals surface area contributed by atoms with Crippen LogP contribution in [-0.2, 0) is 9.47 Å². The molecule has 0 aromatic heterocycles. The van der Waals surface area contributed by atoms with Crippen molar-refractivity contribution in [1.82, 2.24) is 10.2 Å². The van der Waals surface area contributed by atoms with E-state index in [2.05, 4.69) is 19.2 Å². The molecule has 0 aromatic carbocycles. The third kappa shape index (κ3) is 4.59. The SMILES string of the molecule is CC1CCN(C(=O)OC(C)(C)C)C(C)C1NC1CCOCC1. The number of piperidine rings is 1. The number of carbonyl (C=O) groups excluding carboxylic acids is 1. The zero-order chi connectivity index (χ0) is 16.3. The first kappa shape index (κ1) is 17.5. The topological polar surface area (TPSA) is 50.8 Å². The van der Waals surface area contributed by atoms with E-state index >= 15 is 0 Å². The molecule has 2 aliphatic heterocycles. The first-order chi connectivity index (χ1) is 10.3. The molecule has 2 fully saturated rings. The number of carbonyl (C=O) groups is 1. The van der Waals surface area contributed by atoms with Crippen molar-refractivity contribution in [2.24, 2.45) is 5.92 Å². The zero-order valence-corrected chi connectivity index (χ0v) is 14.7. The third-order valence-electron chi connectivity index (χ3n) is 4.73. The van der Waals surface area contributed by atoms with Gasteiger partial charge >= 0.3 is 6.09 Å². The second kappa shape index (κ2) is 7.18. The predicted molar refractivity (Wildman–Crippen MR) is 86.9 cm³/mol. The molecule has 2 aliphatic rings. The van der Waals surface area contributed by atoms with Crippen molar-refractivity contribution >= 4 is 6.09 Å². The molecule has 1 N–H and O–H groups in total. The summed E-state index contributed by atoms with van der Waals surface area (Å²) in [7, 11) is 0. The minimum Gasteiger partial charge on any atom is -0.444 e. The van der Waals surface area contributed by atoms with E-state index in [0.717, 1.165) is 39.0 Å². The highest BCUT2D eigenvalue weighted by molar-refractivity contribution is 5.68. The van der Waals surface area contributed by atoms with E-state index in [9.17, 15) is 4.79 Å². The number of nitrogens with zero attached hydrogens (tertiary/aromatic N) is 1. The van der Waals surface area contributed by atoms with Crippen molar-refractivity contribution in [1.29, 1.82) is 0 Å². The third-order valence-corrected chi connectivity index (χ3v) is 4.73. The summed E-state index contributed by atoms with van der Waals surface area (Å²) in [6.07, 6.45) is 2.94. The summed E-state index contributed by atoms with van der Waals surface area (Å²) in [5.74, 6) is 0.566. The Hall–Kier alpha value is -0.810. The molecule has 3 atom stereocenters. The maximum absolute atomic E-state index is 12.4. The molecule has 22 heavy (non-hydrogen) atoms. The summed E-state index contributed by atoms with van der Waals surface area (Å²) >= 11 is 0. The monoisotopic (exact) mass is 312 g/mol. The standard InChI is InChI=1S/C17H32N2O3/c1-12-6-9-19(16(20)22-17(3,4)5)13(2)15(12)18-14-7-10-21-11-8-14/h12-15,18H,6-11H2,1-5H3. The van der Waals surface area contributed by atoms with Crippen molar-refractivity contribution < 1.29 is 14.3 Å². The van der Waals surface area contributed by atoms with E-state index in [1.54, 1.807) is 0 Å². The predicted octanol–water partition coefficient (Wildman–Crippen LogP) is 2.79. The van der Waals surface area contributed by atoms with Gasteiger partial charge in [0, 0.05) is 37.9 Å². The molecule has 0 aromatic rings. The molecule has 5 nitrogen and oxygen atoms in total. The van der Waals surface area contributed by atoms with Crippen LogP contribution in [0.2, 0.25) is 0 Å². The van der Waals surface area contributed by atoms with Gasteiger partial charge in [0.25, 0.3) is 0 Å². The number of nitrogens with one attached hydrogen (secondary N) is 1. The lowest BCUT2D eigenvalue weighted by Gasteiger charge is -2.45. The van der Waals surface area contributed by atoms with Crippen LogP contribution in [0.3, 0.4) is 0 Å². The van der Waals surface area contributed by atoms with Crippen LogP contribution >= 0.6 is 0 Å². The van der Waals surface area contributed by atoms with Crippen molar-refractivity contribution in [2.45, 2.75) is 77.6 Å². The highest BCUT2D eigenvalue weighted by atomic mass is 16.6. The fraction of sp³-hybridized carbons (Fsp3) is 0.941. The normalized spacial score (nSPS) is 31.1. The molecule has 5 heteroatoms. The molecule has 0 spiro atoms. The van der Waals surface area contributed by atoms with E-state index in [0.29, 0.717) is 18.0 Å². The highest BCUT2D eigenvalue weighted by Gasteiger charge is 2.38.